The zero-order chi connectivity index (χ0) is 12.4. The fraction of sp³-hybridized carbons (Fsp3) is 0.200. The molecule has 3 heteroatoms. The lowest BCUT2D eigenvalue weighted by Gasteiger charge is -2.07. The van der Waals surface area contributed by atoms with Gasteiger partial charge in [-0.2, -0.15) is 0 Å². The van der Waals surface area contributed by atoms with Crippen LogP contribution in [0.25, 0.3) is 16.6 Å². The number of pyridine rings is 1. The lowest BCUT2D eigenvalue weighted by Crippen LogP contribution is -2.00. The normalized spacial score (nSPS) is 10.9. The van der Waals surface area contributed by atoms with Crippen molar-refractivity contribution in [1.82, 2.24) is 14.5 Å². The predicted molar refractivity (Wildman–Crippen MR) is 72.9 cm³/mol. The van der Waals surface area contributed by atoms with Crippen LogP contribution < -0.4 is 0 Å². The summed E-state index contributed by atoms with van der Waals surface area (Å²) in [5, 5.41) is 1.16. The summed E-state index contributed by atoms with van der Waals surface area (Å²) < 4.78 is 2.11. The van der Waals surface area contributed by atoms with E-state index < -0.39 is 0 Å². The van der Waals surface area contributed by atoms with Crippen LogP contribution >= 0.6 is 0 Å². The number of fused-ring (bicyclic) bond motifs is 1. The van der Waals surface area contributed by atoms with Gasteiger partial charge in [-0.3, -0.25) is 4.98 Å². The van der Waals surface area contributed by atoms with E-state index in [1.165, 1.54) is 0 Å². The van der Waals surface area contributed by atoms with Crippen LogP contribution in [-0.4, -0.2) is 14.5 Å². The first-order valence-corrected chi connectivity index (χ1v) is 6.26. The maximum absolute atomic E-state index is 4.49. The van der Waals surface area contributed by atoms with Crippen molar-refractivity contribution in [3.63, 3.8) is 0 Å². The summed E-state index contributed by atoms with van der Waals surface area (Å²) in [6.07, 6.45) is 7.83. The molecule has 3 nitrogen and oxygen atoms in total. The van der Waals surface area contributed by atoms with Crippen LogP contribution in [0.5, 0.6) is 0 Å². The molecule has 3 aromatic rings. The maximum atomic E-state index is 4.49. The average molecular weight is 237 g/mol. The molecule has 0 saturated heterocycles. The van der Waals surface area contributed by atoms with E-state index >= 15 is 0 Å². The zero-order valence-electron chi connectivity index (χ0n) is 10.4. The summed E-state index contributed by atoms with van der Waals surface area (Å²) in [6.45, 7) is 2.16. The monoisotopic (exact) mass is 237 g/mol. The number of benzene rings is 1. The Morgan fingerprint density at radius 3 is 2.94 bits per heavy atom. The molecule has 0 amide bonds. The fourth-order valence-electron chi connectivity index (χ4n) is 2.17. The van der Waals surface area contributed by atoms with E-state index in [9.17, 15) is 0 Å². The quantitative estimate of drug-likeness (QED) is 0.699. The number of nitrogens with zero attached hydrogens (tertiary/aromatic N) is 3. The molecule has 0 fully saturated rings. The molecule has 0 spiro atoms. The van der Waals surface area contributed by atoms with Gasteiger partial charge >= 0.3 is 0 Å². The third-order valence-corrected chi connectivity index (χ3v) is 3.05. The summed E-state index contributed by atoms with van der Waals surface area (Å²) in [5.41, 5.74) is 2.10. The smallest absolute Gasteiger partial charge is 0.113 e. The van der Waals surface area contributed by atoms with E-state index in [1.54, 1.807) is 0 Å². The summed E-state index contributed by atoms with van der Waals surface area (Å²) in [6, 6.07) is 10.3. The van der Waals surface area contributed by atoms with Gasteiger partial charge in [-0.05, 0) is 18.6 Å². The summed E-state index contributed by atoms with van der Waals surface area (Å²) in [4.78, 5) is 8.89. The molecule has 0 unspecified atom stereocenters. The largest absolute Gasteiger partial charge is 0.302 e. The number of para-hydroxylation sites is 1. The molecule has 2 heterocycles. The number of imidazole rings is 1. The second-order valence-electron chi connectivity index (χ2n) is 4.35. The molecule has 90 valence electrons. The molecule has 0 aliphatic rings. The molecule has 0 saturated carbocycles. The molecule has 18 heavy (non-hydrogen) atoms. The van der Waals surface area contributed by atoms with Crippen LogP contribution in [0.2, 0.25) is 0 Å². The molecular formula is C15H15N3. The highest BCUT2D eigenvalue weighted by Gasteiger charge is 2.05. The molecule has 2 aromatic heterocycles. The van der Waals surface area contributed by atoms with Crippen molar-refractivity contribution in [2.24, 2.45) is 0 Å². The third kappa shape index (κ3) is 1.88. The number of hydrogen-bond acceptors (Lipinski definition) is 2. The Bertz CT molecular complexity index is 670. The van der Waals surface area contributed by atoms with E-state index in [2.05, 4.69) is 33.6 Å². The van der Waals surface area contributed by atoms with Crippen LogP contribution in [0, 0.1) is 0 Å². The standard InChI is InChI=1S/C15H15N3/c1-2-5-15-16-8-9-18(15)13-10-12-6-3-4-7-14(12)17-11-13/h3-4,6-11H,2,5H2,1H3. The van der Waals surface area contributed by atoms with Gasteiger partial charge in [0.25, 0.3) is 0 Å². The van der Waals surface area contributed by atoms with E-state index in [4.69, 9.17) is 0 Å². The van der Waals surface area contributed by atoms with Crippen molar-refractivity contribution in [3.8, 4) is 5.69 Å². The van der Waals surface area contributed by atoms with Crippen LogP contribution in [0.3, 0.4) is 0 Å². The summed E-state index contributed by atoms with van der Waals surface area (Å²) in [7, 11) is 0. The Balaban J connectivity index is 2.10. The Kier molecular flexibility index (Phi) is 2.81. The second kappa shape index (κ2) is 4.61. The number of hydrogen-bond donors (Lipinski definition) is 0. The number of rotatable bonds is 3. The van der Waals surface area contributed by atoms with Gasteiger partial charge in [0.2, 0.25) is 0 Å². The van der Waals surface area contributed by atoms with Crippen molar-refractivity contribution in [1.29, 1.82) is 0 Å². The van der Waals surface area contributed by atoms with Crippen LogP contribution in [-0.2, 0) is 6.42 Å². The van der Waals surface area contributed by atoms with Gasteiger partial charge in [-0.15, -0.1) is 0 Å². The molecule has 0 aliphatic carbocycles. The Morgan fingerprint density at radius 1 is 1.17 bits per heavy atom. The number of aromatic nitrogens is 3. The fourth-order valence-corrected chi connectivity index (χ4v) is 2.17. The summed E-state index contributed by atoms with van der Waals surface area (Å²) in [5.74, 6) is 1.09. The van der Waals surface area contributed by atoms with Crippen molar-refractivity contribution in [2.75, 3.05) is 0 Å². The van der Waals surface area contributed by atoms with Gasteiger partial charge in [0.05, 0.1) is 17.4 Å². The van der Waals surface area contributed by atoms with Gasteiger partial charge in [0, 0.05) is 24.2 Å². The Hall–Kier alpha value is -2.16. The summed E-state index contributed by atoms with van der Waals surface area (Å²) >= 11 is 0. The lowest BCUT2D eigenvalue weighted by molar-refractivity contribution is 0.808. The number of aryl methyl sites for hydroxylation is 1. The van der Waals surface area contributed by atoms with E-state index in [0.29, 0.717) is 0 Å². The molecule has 0 aliphatic heterocycles. The van der Waals surface area contributed by atoms with Gasteiger partial charge < -0.3 is 4.57 Å². The Morgan fingerprint density at radius 2 is 2.06 bits per heavy atom. The van der Waals surface area contributed by atoms with E-state index in [-0.39, 0.29) is 0 Å². The van der Waals surface area contributed by atoms with Crippen LogP contribution in [0.4, 0.5) is 0 Å². The molecule has 0 N–H and O–H groups in total. The first kappa shape index (κ1) is 11.0. The molecule has 3 rings (SSSR count). The first-order valence-electron chi connectivity index (χ1n) is 6.26. The molecule has 1 aromatic carbocycles. The lowest BCUT2D eigenvalue weighted by atomic mass is 10.2. The minimum atomic E-state index is 0.986. The highest BCUT2D eigenvalue weighted by molar-refractivity contribution is 5.80. The van der Waals surface area contributed by atoms with Gasteiger partial charge in [0.15, 0.2) is 0 Å². The van der Waals surface area contributed by atoms with Gasteiger partial charge in [-0.1, -0.05) is 25.1 Å². The van der Waals surface area contributed by atoms with Gasteiger partial charge in [-0.25, -0.2) is 4.98 Å². The van der Waals surface area contributed by atoms with Crippen molar-refractivity contribution >= 4 is 10.9 Å². The minimum absolute atomic E-state index is 0.986. The zero-order valence-corrected chi connectivity index (χ0v) is 10.4. The van der Waals surface area contributed by atoms with Gasteiger partial charge in [0.1, 0.15) is 5.82 Å². The predicted octanol–water partition coefficient (Wildman–Crippen LogP) is 3.37. The topological polar surface area (TPSA) is 30.7 Å². The van der Waals surface area contributed by atoms with Crippen molar-refractivity contribution < 1.29 is 0 Å². The molecule has 0 radical (unpaired) electrons. The Labute approximate surface area is 106 Å². The van der Waals surface area contributed by atoms with E-state index in [0.717, 1.165) is 35.3 Å². The third-order valence-electron chi connectivity index (χ3n) is 3.05. The first-order chi connectivity index (χ1) is 8.88. The molecular weight excluding hydrogens is 222 g/mol. The average Bonchev–Trinajstić information content (AvgIpc) is 2.87. The van der Waals surface area contributed by atoms with Crippen molar-refractivity contribution in [3.05, 3.63) is 54.7 Å². The minimum Gasteiger partial charge on any atom is -0.302 e. The van der Waals surface area contributed by atoms with Crippen molar-refractivity contribution in [2.45, 2.75) is 19.8 Å². The van der Waals surface area contributed by atoms with Crippen LogP contribution in [0.15, 0.2) is 48.9 Å². The maximum Gasteiger partial charge on any atom is 0.113 e. The highest BCUT2D eigenvalue weighted by Crippen LogP contribution is 2.17. The molecule has 0 bridgehead atoms. The second-order valence-corrected chi connectivity index (χ2v) is 4.35. The SMILES string of the molecule is CCCc1nccn1-c1cnc2ccccc2c1. The molecule has 0 atom stereocenters. The van der Waals surface area contributed by atoms with E-state index in [1.807, 2.05) is 36.8 Å². The highest BCUT2D eigenvalue weighted by atomic mass is 15.1. The van der Waals surface area contributed by atoms with Crippen LogP contribution in [0.1, 0.15) is 19.2 Å².